The highest BCUT2D eigenvalue weighted by atomic mass is 35.5. The first-order valence-electron chi connectivity index (χ1n) is 4.17. The van der Waals surface area contributed by atoms with Crippen molar-refractivity contribution in [1.29, 1.82) is 0 Å². The van der Waals surface area contributed by atoms with Crippen LogP contribution in [0.2, 0.25) is 0 Å². The van der Waals surface area contributed by atoms with Crippen LogP contribution >= 0.6 is 24.8 Å². The Bertz CT molecular complexity index is 258. The van der Waals surface area contributed by atoms with Crippen molar-refractivity contribution in [2.75, 3.05) is 31.1 Å². The maximum Gasteiger partial charge on any atom is 0.226 e. The van der Waals surface area contributed by atoms with Crippen LogP contribution in [0.1, 0.15) is 0 Å². The monoisotopic (exact) mass is 239 g/mol. The molecule has 0 amide bonds. The molecule has 0 aromatic carbocycles. The minimum atomic E-state index is 0. The smallest absolute Gasteiger partial charge is 0.226 e. The van der Waals surface area contributed by atoms with E-state index in [4.69, 9.17) is 0 Å². The van der Waals surface area contributed by atoms with Crippen LogP contribution in [0, 0.1) is 0 Å². The Labute approximate surface area is 95.7 Å². The Balaban J connectivity index is 0.000000845. The van der Waals surface area contributed by atoms with Gasteiger partial charge in [0.15, 0.2) is 0 Å². The van der Waals surface area contributed by atoms with Gasteiger partial charge in [0.2, 0.25) is 5.95 Å². The molecule has 0 spiro atoms. The van der Waals surface area contributed by atoms with E-state index in [9.17, 15) is 0 Å². The lowest BCUT2D eigenvalue weighted by atomic mass is 10.4. The van der Waals surface area contributed by atoms with Crippen LogP contribution in [-0.2, 0) is 7.05 Å². The zero-order valence-electron chi connectivity index (χ0n) is 8.01. The molecule has 0 aliphatic carbocycles. The maximum atomic E-state index is 4.05. The molecule has 2 heterocycles. The first-order chi connectivity index (χ1) is 5.88. The molecule has 1 aliphatic rings. The van der Waals surface area contributed by atoms with E-state index < -0.39 is 0 Å². The van der Waals surface area contributed by atoms with Crippen molar-refractivity contribution in [1.82, 2.24) is 20.1 Å². The third-order valence-electron chi connectivity index (χ3n) is 2.09. The molecule has 0 unspecified atom stereocenters. The van der Waals surface area contributed by atoms with Crippen molar-refractivity contribution in [3.05, 3.63) is 6.33 Å². The van der Waals surface area contributed by atoms with Crippen molar-refractivity contribution in [2.45, 2.75) is 0 Å². The number of nitrogens with zero attached hydrogens (tertiary/aromatic N) is 4. The second kappa shape index (κ2) is 6.06. The van der Waals surface area contributed by atoms with Crippen LogP contribution in [0.4, 0.5) is 5.95 Å². The highest BCUT2D eigenvalue weighted by molar-refractivity contribution is 5.85. The van der Waals surface area contributed by atoms with Gasteiger partial charge in [-0.3, -0.25) is 0 Å². The van der Waals surface area contributed by atoms with Gasteiger partial charge in [0.05, 0.1) is 0 Å². The van der Waals surface area contributed by atoms with Gasteiger partial charge < -0.3 is 14.8 Å². The van der Waals surface area contributed by atoms with E-state index in [-0.39, 0.29) is 24.8 Å². The summed E-state index contributed by atoms with van der Waals surface area (Å²) in [4.78, 5) is 2.24. The number of piperazine rings is 1. The van der Waals surface area contributed by atoms with Gasteiger partial charge >= 0.3 is 0 Å². The first kappa shape index (κ1) is 13.5. The van der Waals surface area contributed by atoms with Crippen LogP contribution in [0.15, 0.2) is 6.33 Å². The van der Waals surface area contributed by atoms with Crippen LogP contribution in [0.5, 0.6) is 0 Å². The average Bonchev–Trinajstić information content (AvgIpc) is 2.53. The van der Waals surface area contributed by atoms with Crippen molar-refractivity contribution in [3.63, 3.8) is 0 Å². The van der Waals surface area contributed by atoms with Gasteiger partial charge in [-0.25, -0.2) is 0 Å². The van der Waals surface area contributed by atoms with Gasteiger partial charge in [0.1, 0.15) is 6.33 Å². The van der Waals surface area contributed by atoms with Crippen LogP contribution in [0.3, 0.4) is 0 Å². The summed E-state index contributed by atoms with van der Waals surface area (Å²) >= 11 is 0. The van der Waals surface area contributed by atoms with Gasteiger partial charge in [0, 0.05) is 33.2 Å². The second-order valence-electron chi connectivity index (χ2n) is 2.98. The molecular formula is C7H15Cl2N5. The quantitative estimate of drug-likeness (QED) is 0.754. The molecule has 7 heteroatoms. The third-order valence-corrected chi connectivity index (χ3v) is 2.09. The maximum absolute atomic E-state index is 4.05. The van der Waals surface area contributed by atoms with E-state index in [1.165, 1.54) is 0 Å². The van der Waals surface area contributed by atoms with Gasteiger partial charge in [-0.2, -0.15) is 0 Å². The van der Waals surface area contributed by atoms with Gasteiger partial charge in [0.25, 0.3) is 0 Å². The fraction of sp³-hybridized carbons (Fsp3) is 0.714. The third kappa shape index (κ3) is 2.73. The summed E-state index contributed by atoms with van der Waals surface area (Å²) in [5.74, 6) is 0.969. The first-order valence-corrected chi connectivity index (χ1v) is 4.17. The van der Waals surface area contributed by atoms with Crippen LogP contribution in [-0.4, -0.2) is 40.9 Å². The van der Waals surface area contributed by atoms with Gasteiger partial charge in [-0.05, 0) is 0 Å². The number of halogens is 2. The fourth-order valence-electron chi connectivity index (χ4n) is 1.43. The molecule has 14 heavy (non-hydrogen) atoms. The zero-order chi connectivity index (χ0) is 8.39. The molecular weight excluding hydrogens is 225 g/mol. The summed E-state index contributed by atoms with van der Waals surface area (Å²) in [5, 5.41) is 11.2. The molecule has 5 nitrogen and oxygen atoms in total. The average molecular weight is 240 g/mol. The predicted molar refractivity (Wildman–Crippen MR) is 60.6 cm³/mol. The molecule has 1 N–H and O–H groups in total. The molecule has 0 atom stereocenters. The van der Waals surface area contributed by atoms with Crippen molar-refractivity contribution in [2.24, 2.45) is 7.05 Å². The highest BCUT2D eigenvalue weighted by Crippen LogP contribution is 2.07. The number of rotatable bonds is 1. The van der Waals surface area contributed by atoms with Crippen molar-refractivity contribution < 1.29 is 0 Å². The Hall–Kier alpha value is -0.520. The Morgan fingerprint density at radius 2 is 1.93 bits per heavy atom. The summed E-state index contributed by atoms with van der Waals surface area (Å²) in [6.45, 7) is 4.11. The van der Waals surface area contributed by atoms with E-state index in [2.05, 4.69) is 20.4 Å². The lowest BCUT2D eigenvalue weighted by Gasteiger charge is -2.27. The lowest BCUT2D eigenvalue weighted by Crippen LogP contribution is -2.44. The Morgan fingerprint density at radius 1 is 1.29 bits per heavy atom. The molecule has 82 valence electrons. The highest BCUT2D eigenvalue weighted by Gasteiger charge is 2.13. The number of aromatic nitrogens is 3. The van der Waals surface area contributed by atoms with Gasteiger partial charge in [-0.15, -0.1) is 35.0 Å². The van der Waals surface area contributed by atoms with Crippen LogP contribution < -0.4 is 10.2 Å². The van der Waals surface area contributed by atoms with E-state index in [1.807, 2.05) is 11.6 Å². The molecule has 1 aromatic heterocycles. The minimum Gasteiger partial charge on any atom is -0.338 e. The summed E-state index contributed by atoms with van der Waals surface area (Å²) in [5.41, 5.74) is 0. The molecule has 1 fully saturated rings. The minimum absolute atomic E-state index is 0. The predicted octanol–water partition coefficient (Wildman–Crippen LogP) is 0.0683. The number of hydrogen-bond donors (Lipinski definition) is 1. The van der Waals surface area contributed by atoms with Gasteiger partial charge in [-0.1, -0.05) is 0 Å². The fourth-order valence-corrected chi connectivity index (χ4v) is 1.43. The number of hydrogen-bond acceptors (Lipinski definition) is 4. The standard InChI is InChI=1S/C7H13N5.2ClH/c1-11-6-9-10-7(11)12-4-2-8-3-5-12;;/h6,8H,2-5H2,1H3;2*1H. The molecule has 0 radical (unpaired) electrons. The summed E-state index contributed by atoms with van der Waals surface area (Å²) in [6.07, 6.45) is 1.73. The molecule has 2 rings (SSSR count). The van der Waals surface area contributed by atoms with Crippen molar-refractivity contribution in [3.8, 4) is 0 Å². The molecule has 1 aliphatic heterocycles. The van der Waals surface area contributed by atoms with E-state index >= 15 is 0 Å². The van der Waals surface area contributed by atoms with E-state index in [0.717, 1.165) is 32.1 Å². The van der Waals surface area contributed by atoms with E-state index in [0.29, 0.717) is 0 Å². The molecule has 0 bridgehead atoms. The molecule has 1 aromatic rings. The van der Waals surface area contributed by atoms with Crippen LogP contribution in [0.25, 0.3) is 0 Å². The summed E-state index contributed by atoms with van der Waals surface area (Å²) in [7, 11) is 1.97. The van der Waals surface area contributed by atoms with E-state index in [1.54, 1.807) is 6.33 Å². The van der Waals surface area contributed by atoms with Crippen molar-refractivity contribution >= 4 is 30.8 Å². The largest absolute Gasteiger partial charge is 0.338 e. The number of nitrogens with one attached hydrogen (secondary N) is 1. The summed E-state index contributed by atoms with van der Waals surface area (Å²) in [6, 6.07) is 0. The lowest BCUT2D eigenvalue weighted by molar-refractivity contribution is 0.573. The summed E-state index contributed by atoms with van der Waals surface area (Å²) < 4.78 is 1.95. The zero-order valence-corrected chi connectivity index (χ0v) is 9.64. The molecule has 0 saturated carbocycles. The SMILES string of the molecule is Cl.Cl.Cn1cnnc1N1CCNCC1. The molecule has 1 saturated heterocycles. The topological polar surface area (TPSA) is 46.0 Å². The normalized spacial score (nSPS) is 15.6. The number of aryl methyl sites for hydroxylation is 1. The Kier molecular flexibility index (Phi) is 5.83. The second-order valence-corrected chi connectivity index (χ2v) is 2.98. The Morgan fingerprint density at radius 3 is 2.43 bits per heavy atom. The number of anilines is 1.